The molecule has 3 rings (SSSR count). The zero-order valence-corrected chi connectivity index (χ0v) is 12.4. The molecule has 6 heteroatoms. The first-order valence-corrected chi connectivity index (χ1v) is 7.46. The minimum atomic E-state index is -0.249. The van der Waals surface area contributed by atoms with Gasteiger partial charge in [-0.2, -0.15) is 4.98 Å². The normalized spacial score (nSPS) is 13.5. The topological polar surface area (TPSA) is 61.3 Å². The van der Waals surface area contributed by atoms with E-state index < -0.39 is 0 Å². The lowest BCUT2D eigenvalue weighted by molar-refractivity contribution is -0.140. The predicted octanol–water partition coefficient (Wildman–Crippen LogP) is 2.29. The van der Waals surface area contributed by atoms with Gasteiger partial charge >= 0.3 is 5.97 Å². The Balaban J connectivity index is 1.98. The highest BCUT2D eigenvalue weighted by atomic mass is 32.1. The summed E-state index contributed by atoms with van der Waals surface area (Å²) in [7, 11) is 3.02. The van der Waals surface area contributed by atoms with E-state index >= 15 is 0 Å². The van der Waals surface area contributed by atoms with Gasteiger partial charge in [-0.1, -0.05) is 0 Å². The fourth-order valence-corrected chi connectivity index (χ4v) is 3.85. The fraction of sp³-hybridized carbons (Fsp3) is 0.500. The van der Waals surface area contributed by atoms with Crippen LogP contribution in [0.25, 0.3) is 10.2 Å². The molecule has 0 bridgehead atoms. The quantitative estimate of drug-likeness (QED) is 0.809. The van der Waals surface area contributed by atoms with E-state index in [-0.39, 0.29) is 12.4 Å². The van der Waals surface area contributed by atoms with E-state index in [9.17, 15) is 4.79 Å². The van der Waals surface area contributed by atoms with Crippen LogP contribution in [0.3, 0.4) is 0 Å². The second-order valence-electron chi connectivity index (χ2n) is 4.76. The number of aromatic nitrogens is 2. The van der Waals surface area contributed by atoms with E-state index in [0.717, 1.165) is 23.1 Å². The number of methoxy groups -OCH3 is 2. The Morgan fingerprint density at radius 3 is 2.90 bits per heavy atom. The van der Waals surface area contributed by atoms with Crippen LogP contribution in [0.1, 0.15) is 29.1 Å². The second-order valence-corrected chi connectivity index (χ2v) is 5.85. The van der Waals surface area contributed by atoms with Crippen LogP contribution in [-0.2, 0) is 28.8 Å². The van der Waals surface area contributed by atoms with Gasteiger partial charge in [0, 0.05) is 11.3 Å². The number of thiophene rings is 1. The van der Waals surface area contributed by atoms with Gasteiger partial charge in [0.05, 0.1) is 26.0 Å². The molecule has 0 aromatic carbocycles. The van der Waals surface area contributed by atoms with E-state index in [1.165, 1.54) is 24.0 Å². The lowest BCUT2D eigenvalue weighted by Gasteiger charge is -2.05. The molecule has 2 aromatic heterocycles. The molecule has 0 fully saturated rings. The molecule has 2 heterocycles. The summed E-state index contributed by atoms with van der Waals surface area (Å²) < 4.78 is 10.1. The number of nitrogens with zero attached hydrogens (tertiary/aromatic N) is 2. The Labute approximate surface area is 120 Å². The van der Waals surface area contributed by atoms with Crippen LogP contribution in [0.15, 0.2) is 0 Å². The number of fused-ring (bicyclic) bond motifs is 3. The molecule has 20 heavy (non-hydrogen) atoms. The first-order valence-electron chi connectivity index (χ1n) is 6.65. The molecule has 0 N–H and O–H groups in total. The maximum atomic E-state index is 11.2. The van der Waals surface area contributed by atoms with Crippen LogP contribution in [0.2, 0.25) is 0 Å². The van der Waals surface area contributed by atoms with Crippen molar-refractivity contribution in [2.45, 2.75) is 32.1 Å². The predicted molar refractivity (Wildman–Crippen MR) is 76.3 cm³/mol. The molecule has 1 aliphatic rings. The summed E-state index contributed by atoms with van der Waals surface area (Å²) in [6.07, 6.45) is 4.16. The maximum Gasteiger partial charge on any atom is 0.305 e. The van der Waals surface area contributed by atoms with Gasteiger partial charge in [-0.3, -0.25) is 4.79 Å². The van der Waals surface area contributed by atoms with E-state index in [2.05, 4.69) is 14.7 Å². The molecule has 5 nitrogen and oxygen atoms in total. The fourth-order valence-electron chi connectivity index (χ4n) is 2.58. The third-order valence-electron chi connectivity index (χ3n) is 3.55. The Bertz CT molecular complexity index is 666. The first-order chi connectivity index (χ1) is 9.72. The number of esters is 1. The number of aryl methyl sites for hydroxylation is 3. The number of carbonyl (C=O) groups excluding carboxylic acids is 1. The molecule has 0 amide bonds. The van der Waals surface area contributed by atoms with Gasteiger partial charge in [0.1, 0.15) is 10.7 Å². The summed E-state index contributed by atoms with van der Waals surface area (Å²) in [5, 5.41) is 1.06. The Hall–Kier alpha value is -1.69. The van der Waals surface area contributed by atoms with Gasteiger partial charge in [-0.25, -0.2) is 4.98 Å². The second kappa shape index (κ2) is 5.36. The van der Waals surface area contributed by atoms with Gasteiger partial charge in [0.15, 0.2) is 0 Å². The molecule has 2 aromatic rings. The number of carbonyl (C=O) groups is 1. The van der Waals surface area contributed by atoms with Gasteiger partial charge in [0.25, 0.3) is 0 Å². The van der Waals surface area contributed by atoms with Crippen molar-refractivity contribution in [3.8, 4) is 5.88 Å². The van der Waals surface area contributed by atoms with Crippen molar-refractivity contribution >= 4 is 27.5 Å². The van der Waals surface area contributed by atoms with E-state index in [0.29, 0.717) is 18.1 Å². The molecular formula is C14H16N2O3S. The smallest absolute Gasteiger partial charge is 0.305 e. The highest BCUT2D eigenvalue weighted by molar-refractivity contribution is 7.19. The lowest BCUT2D eigenvalue weighted by Crippen LogP contribution is -2.05. The molecule has 0 unspecified atom stereocenters. The summed E-state index contributed by atoms with van der Waals surface area (Å²) in [5.74, 6) is 1.02. The Morgan fingerprint density at radius 1 is 1.30 bits per heavy atom. The molecule has 0 saturated carbocycles. The lowest BCUT2D eigenvalue weighted by atomic mass is 10.2. The minimum Gasteiger partial charge on any atom is -0.480 e. The molecule has 0 aliphatic heterocycles. The summed E-state index contributed by atoms with van der Waals surface area (Å²) in [6, 6.07) is 0. The Morgan fingerprint density at radius 2 is 2.15 bits per heavy atom. The molecular weight excluding hydrogens is 276 g/mol. The minimum absolute atomic E-state index is 0.249. The molecule has 1 aliphatic carbocycles. The van der Waals surface area contributed by atoms with Crippen molar-refractivity contribution in [1.82, 2.24) is 9.97 Å². The van der Waals surface area contributed by atoms with Crippen LogP contribution in [0.4, 0.5) is 0 Å². The number of hydrogen-bond acceptors (Lipinski definition) is 6. The van der Waals surface area contributed by atoms with Gasteiger partial charge in [-0.05, 0) is 24.8 Å². The third kappa shape index (κ3) is 2.24. The Kier molecular flexibility index (Phi) is 3.56. The van der Waals surface area contributed by atoms with Crippen LogP contribution in [0.5, 0.6) is 5.88 Å². The van der Waals surface area contributed by atoms with E-state index in [4.69, 9.17) is 4.74 Å². The molecule has 106 valence electrons. The number of ether oxygens (including phenoxy) is 2. The van der Waals surface area contributed by atoms with E-state index in [1.54, 1.807) is 18.4 Å². The van der Waals surface area contributed by atoms with Crippen LogP contribution in [-0.4, -0.2) is 30.2 Å². The number of rotatable bonds is 4. The summed E-state index contributed by atoms with van der Waals surface area (Å²) in [5.41, 5.74) is 1.35. The van der Waals surface area contributed by atoms with Crippen molar-refractivity contribution in [2.24, 2.45) is 0 Å². The highest BCUT2D eigenvalue weighted by Gasteiger charge is 2.22. The third-order valence-corrected chi connectivity index (χ3v) is 4.74. The van der Waals surface area contributed by atoms with Gasteiger partial charge < -0.3 is 9.47 Å². The van der Waals surface area contributed by atoms with Gasteiger partial charge in [-0.15, -0.1) is 11.3 Å². The zero-order chi connectivity index (χ0) is 14.1. The van der Waals surface area contributed by atoms with Crippen molar-refractivity contribution in [1.29, 1.82) is 0 Å². The molecule has 0 saturated heterocycles. The summed E-state index contributed by atoms with van der Waals surface area (Å²) in [4.78, 5) is 22.6. The van der Waals surface area contributed by atoms with Crippen molar-refractivity contribution in [3.63, 3.8) is 0 Å². The maximum absolute atomic E-state index is 11.2. The molecule has 0 radical (unpaired) electrons. The highest BCUT2D eigenvalue weighted by Crippen LogP contribution is 2.40. The zero-order valence-electron chi connectivity index (χ0n) is 11.6. The molecule has 0 atom stereocenters. The summed E-state index contributed by atoms with van der Waals surface area (Å²) >= 11 is 1.72. The largest absolute Gasteiger partial charge is 0.480 e. The van der Waals surface area contributed by atoms with E-state index in [1.807, 2.05) is 0 Å². The first kappa shape index (κ1) is 13.3. The van der Waals surface area contributed by atoms with Crippen LogP contribution in [0, 0.1) is 0 Å². The van der Waals surface area contributed by atoms with Crippen molar-refractivity contribution < 1.29 is 14.3 Å². The van der Waals surface area contributed by atoms with Crippen molar-refractivity contribution in [2.75, 3.05) is 14.2 Å². The van der Waals surface area contributed by atoms with Gasteiger partial charge in [0.2, 0.25) is 5.88 Å². The standard InChI is InChI=1S/C14H16N2O3S/c1-18-11(17)7-6-10-15-13(19-2)12-8-4-3-5-9(8)20-14(12)16-10/h3-7H2,1-2H3. The van der Waals surface area contributed by atoms with Crippen LogP contribution < -0.4 is 4.74 Å². The molecule has 0 spiro atoms. The SMILES string of the molecule is COC(=O)CCc1nc(OC)c2c3c(sc2n1)CCC3. The average Bonchev–Trinajstić information content (AvgIpc) is 3.03. The average molecular weight is 292 g/mol. The number of hydrogen-bond donors (Lipinski definition) is 0. The monoisotopic (exact) mass is 292 g/mol. The van der Waals surface area contributed by atoms with Crippen LogP contribution >= 0.6 is 11.3 Å². The van der Waals surface area contributed by atoms with Crippen molar-refractivity contribution in [3.05, 3.63) is 16.3 Å². The summed E-state index contributed by atoms with van der Waals surface area (Å²) in [6.45, 7) is 0.